The standard InChI is InChI=1S/C13H25BrN4O/c1-5-9-13(14)11(18(4)17-9)8-10(16-15)12(6-2)19-7-3/h10,12,16H,5-8,15H2,1-4H3. The number of ether oxygens (including phenoxy) is 1. The lowest BCUT2D eigenvalue weighted by Crippen LogP contribution is -2.46. The lowest BCUT2D eigenvalue weighted by atomic mass is 10.0. The van der Waals surface area contributed by atoms with Crippen LogP contribution in [0.2, 0.25) is 0 Å². The quantitative estimate of drug-likeness (QED) is 0.564. The Morgan fingerprint density at radius 2 is 2.11 bits per heavy atom. The van der Waals surface area contributed by atoms with Crippen LogP contribution in [0.15, 0.2) is 4.47 Å². The van der Waals surface area contributed by atoms with Crippen molar-refractivity contribution in [3.05, 3.63) is 15.9 Å². The van der Waals surface area contributed by atoms with Gasteiger partial charge in [0.05, 0.1) is 28.0 Å². The molecule has 0 bridgehead atoms. The highest BCUT2D eigenvalue weighted by Gasteiger charge is 2.23. The Kier molecular flexibility index (Phi) is 6.99. The molecule has 0 aromatic carbocycles. The Balaban J connectivity index is 2.88. The van der Waals surface area contributed by atoms with E-state index in [0.717, 1.165) is 35.1 Å². The lowest BCUT2D eigenvalue weighted by molar-refractivity contribution is 0.0314. The zero-order chi connectivity index (χ0) is 14.4. The molecule has 1 aromatic rings. The van der Waals surface area contributed by atoms with Crippen molar-refractivity contribution in [3.63, 3.8) is 0 Å². The Hall–Kier alpha value is -0.430. The first-order chi connectivity index (χ1) is 9.08. The zero-order valence-electron chi connectivity index (χ0n) is 12.2. The highest BCUT2D eigenvalue weighted by molar-refractivity contribution is 9.10. The molecule has 0 spiro atoms. The maximum atomic E-state index is 5.74. The summed E-state index contributed by atoms with van der Waals surface area (Å²) in [6.07, 6.45) is 2.75. The van der Waals surface area contributed by atoms with Crippen molar-refractivity contribution in [3.8, 4) is 0 Å². The van der Waals surface area contributed by atoms with Gasteiger partial charge in [0.15, 0.2) is 0 Å². The number of hydrazine groups is 1. The Bertz CT molecular complexity index is 394. The second kappa shape index (κ2) is 7.99. The number of nitrogens with zero attached hydrogens (tertiary/aromatic N) is 2. The summed E-state index contributed by atoms with van der Waals surface area (Å²) in [5, 5.41) is 4.51. The summed E-state index contributed by atoms with van der Waals surface area (Å²) in [5.74, 6) is 5.69. The van der Waals surface area contributed by atoms with E-state index in [-0.39, 0.29) is 12.1 Å². The average molecular weight is 333 g/mol. The number of hydrogen-bond donors (Lipinski definition) is 2. The number of aromatic nitrogens is 2. The molecular formula is C13H25BrN4O. The summed E-state index contributed by atoms with van der Waals surface area (Å²) in [4.78, 5) is 0. The van der Waals surface area contributed by atoms with Gasteiger partial charge in [0, 0.05) is 20.1 Å². The molecule has 2 unspecified atom stereocenters. The predicted octanol–water partition coefficient (Wildman–Crippen LogP) is 1.93. The maximum Gasteiger partial charge on any atom is 0.0766 e. The van der Waals surface area contributed by atoms with Gasteiger partial charge in [0.1, 0.15) is 0 Å². The molecule has 3 N–H and O–H groups in total. The van der Waals surface area contributed by atoms with Crippen LogP contribution in [0.1, 0.15) is 38.6 Å². The first-order valence-corrected chi connectivity index (χ1v) is 7.66. The molecule has 110 valence electrons. The van der Waals surface area contributed by atoms with Crippen molar-refractivity contribution >= 4 is 15.9 Å². The van der Waals surface area contributed by atoms with E-state index < -0.39 is 0 Å². The number of aryl methyl sites for hydroxylation is 2. The van der Waals surface area contributed by atoms with Crippen molar-refractivity contribution in [1.29, 1.82) is 0 Å². The largest absolute Gasteiger partial charge is 0.377 e. The van der Waals surface area contributed by atoms with Gasteiger partial charge in [-0.2, -0.15) is 5.10 Å². The van der Waals surface area contributed by atoms with Gasteiger partial charge in [-0.15, -0.1) is 0 Å². The van der Waals surface area contributed by atoms with Gasteiger partial charge in [-0.1, -0.05) is 13.8 Å². The van der Waals surface area contributed by atoms with Crippen LogP contribution in [0.5, 0.6) is 0 Å². The van der Waals surface area contributed by atoms with E-state index in [1.807, 2.05) is 18.7 Å². The first kappa shape index (κ1) is 16.6. The molecule has 6 heteroatoms. The van der Waals surface area contributed by atoms with Crippen molar-refractivity contribution in [2.45, 2.75) is 52.2 Å². The van der Waals surface area contributed by atoms with Crippen molar-refractivity contribution < 1.29 is 4.74 Å². The minimum absolute atomic E-state index is 0.0846. The third kappa shape index (κ3) is 4.02. The average Bonchev–Trinajstić information content (AvgIpc) is 2.69. The summed E-state index contributed by atoms with van der Waals surface area (Å²) in [5.41, 5.74) is 5.11. The van der Waals surface area contributed by atoms with Crippen LogP contribution in [-0.2, 0) is 24.6 Å². The van der Waals surface area contributed by atoms with Gasteiger partial charge in [-0.05, 0) is 35.7 Å². The van der Waals surface area contributed by atoms with E-state index in [9.17, 15) is 0 Å². The van der Waals surface area contributed by atoms with Gasteiger partial charge < -0.3 is 4.74 Å². The van der Waals surface area contributed by atoms with Gasteiger partial charge in [0.25, 0.3) is 0 Å². The number of nitrogens with one attached hydrogen (secondary N) is 1. The molecule has 0 saturated carbocycles. The number of nitrogens with two attached hydrogens (primary N) is 1. The third-order valence-corrected chi connectivity index (χ3v) is 4.28. The number of halogens is 1. The summed E-state index contributed by atoms with van der Waals surface area (Å²) in [6, 6.07) is 0.0846. The van der Waals surface area contributed by atoms with E-state index in [4.69, 9.17) is 10.6 Å². The first-order valence-electron chi connectivity index (χ1n) is 6.86. The number of hydrogen-bond acceptors (Lipinski definition) is 4. The molecule has 0 saturated heterocycles. The van der Waals surface area contributed by atoms with E-state index in [1.54, 1.807) is 0 Å². The SMILES string of the molecule is CCOC(CC)C(Cc1c(Br)c(CC)nn1C)NN. The monoisotopic (exact) mass is 332 g/mol. The van der Waals surface area contributed by atoms with E-state index >= 15 is 0 Å². The molecule has 5 nitrogen and oxygen atoms in total. The van der Waals surface area contributed by atoms with Crippen LogP contribution >= 0.6 is 15.9 Å². The van der Waals surface area contributed by atoms with Gasteiger partial charge in [-0.3, -0.25) is 16.0 Å². The van der Waals surface area contributed by atoms with Crippen LogP contribution in [0.4, 0.5) is 0 Å². The smallest absolute Gasteiger partial charge is 0.0766 e. The molecule has 0 aliphatic carbocycles. The fourth-order valence-electron chi connectivity index (χ4n) is 2.28. The molecule has 0 aliphatic heterocycles. The van der Waals surface area contributed by atoms with E-state index in [0.29, 0.717) is 6.61 Å². The second-order valence-corrected chi connectivity index (χ2v) is 5.36. The van der Waals surface area contributed by atoms with E-state index in [2.05, 4.69) is 40.3 Å². The lowest BCUT2D eigenvalue weighted by Gasteiger charge is -2.25. The number of rotatable bonds is 8. The van der Waals surface area contributed by atoms with Crippen LogP contribution in [0.25, 0.3) is 0 Å². The molecular weight excluding hydrogens is 308 g/mol. The van der Waals surface area contributed by atoms with Gasteiger partial charge in [0.2, 0.25) is 0 Å². The summed E-state index contributed by atoms with van der Waals surface area (Å²) >= 11 is 3.64. The second-order valence-electron chi connectivity index (χ2n) is 4.56. The zero-order valence-corrected chi connectivity index (χ0v) is 13.8. The third-order valence-electron chi connectivity index (χ3n) is 3.36. The molecule has 0 radical (unpaired) electrons. The predicted molar refractivity (Wildman–Crippen MR) is 80.8 cm³/mol. The molecule has 0 aliphatic rings. The summed E-state index contributed by atoms with van der Waals surface area (Å²) in [6.45, 7) is 6.92. The van der Waals surface area contributed by atoms with E-state index in [1.165, 1.54) is 0 Å². The van der Waals surface area contributed by atoms with Gasteiger partial charge in [-0.25, -0.2) is 0 Å². The molecule has 2 atom stereocenters. The molecule has 1 aromatic heterocycles. The molecule has 0 fully saturated rings. The minimum Gasteiger partial charge on any atom is -0.377 e. The van der Waals surface area contributed by atoms with Crippen LogP contribution in [-0.4, -0.2) is 28.5 Å². The topological polar surface area (TPSA) is 65.1 Å². The van der Waals surface area contributed by atoms with Crippen molar-refractivity contribution in [2.75, 3.05) is 6.61 Å². The summed E-state index contributed by atoms with van der Waals surface area (Å²) in [7, 11) is 1.97. The molecule has 19 heavy (non-hydrogen) atoms. The fraction of sp³-hybridized carbons (Fsp3) is 0.769. The van der Waals surface area contributed by atoms with Crippen molar-refractivity contribution in [1.82, 2.24) is 15.2 Å². The van der Waals surface area contributed by atoms with Gasteiger partial charge >= 0.3 is 0 Å². The summed E-state index contributed by atoms with van der Waals surface area (Å²) < 4.78 is 8.75. The van der Waals surface area contributed by atoms with Crippen LogP contribution in [0, 0.1) is 0 Å². The Labute approximate surface area is 124 Å². The highest BCUT2D eigenvalue weighted by atomic mass is 79.9. The molecule has 1 rings (SSSR count). The van der Waals surface area contributed by atoms with Crippen molar-refractivity contribution in [2.24, 2.45) is 12.9 Å². The Morgan fingerprint density at radius 3 is 2.53 bits per heavy atom. The highest BCUT2D eigenvalue weighted by Crippen LogP contribution is 2.23. The fourth-order valence-corrected chi connectivity index (χ4v) is 3.06. The normalized spacial score (nSPS) is 14.6. The Morgan fingerprint density at radius 1 is 1.42 bits per heavy atom. The molecule has 1 heterocycles. The van der Waals surface area contributed by atoms with Crippen LogP contribution in [0.3, 0.4) is 0 Å². The minimum atomic E-state index is 0.0846. The maximum absolute atomic E-state index is 5.74. The molecule has 0 amide bonds. The van der Waals surface area contributed by atoms with Crippen LogP contribution < -0.4 is 11.3 Å².